The van der Waals surface area contributed by atoms with Gasteiger partial charge in [-0.3, -0.25) is 9.20 Å². The summed E-state index contributed by atoms with van der Waals surface area (Å²) < 4.78 is 1.74. The van der Waals surface area contributed by atoms with Crippen molar-refractivity contribution in [3.8, 4) is 0 Å². The first kappa shape index (κ1) is 15.7. The minimum Gasteiger partial charge on any atom is -0.327 e. The van der Waals surface area contributed by atoms with Crippen molar-refractivity contribution in [2.24, 2.45) is 0 Å². The Kier molecular flexibility index (Phi) is 3.35. The van der Waals surface area contributed by atoms with Gasteiger partial charge in [-0.25, -0.2) is 19.9 Å². The number of amides is 1. The highest BCUT2D eigenvalue weighted by Crippen LogP contribution is 2.26. The van der Waals surface area contributed by atoms with E-state index in [-0.39, 0.29) is 11.3 Å². The predicted molar refractivity (Wildman–Crippen MR) is 92.0 cm³/mol. The van der Waals surface area contributed by atoms with Crippen molar-refractivity contribution in [1.82, 2.24) is 29.2 Å². The third kappa shape index (κ3) is 2.56. The number of rotatable bonds is 1. The second-order valence-corrected chi connectivity index (χ2v) is 7.41. The number of fused-ring (bicyclic) bond motifs is 2. The van der Waals surface area contributed by atoms with Gasteiger partial charge in [0.05, 0.1) is 17.9 Å². The topological polar surface area (TPSA) is 76.3 Å². The highest BCUT2D eigenvalue weighted by Gasteiger charge is 2.30. The number of imidazole rings is 1. The second-order valence-electron chi connectivity index (χ2n) is 7.41. The molecule has 0 fully saturated rings. The van der Waals surface area contributed by atoms with Crippen LogP contribution in [0, 0.1) is 6.92 Å². The number of nitrogens with zero attached hydrogens (tertiary/aromatic N) is 6. The Morgan fingerprint density at radius 3 is 2.72 bits per heavy atom. The van der Waals surface area contributed by atoms with Crippen LogP contribution in [0.4, 0.5) is 0 Å². The summed E-state index contributed by atoms with van der Waals surface area (Å²) in [5.41, 5.74) is 3.06. The zero-order chi connectivity index (χ0) is 17.8. The van der Waals surface area contributed by atoms with E-state index in [0.717, 1.165) is 17.1 Å². The molecule has 0 saturated heterocycles. The number of aromatic nitrogens is 5. The predicted octanol–water partition coefficient (Wildman–Crippen LogP) is 2.28. The van der Waals surface area contributed by atoms with Gasteiger partial charge in [-0.2, -0.15) is 0 Å². The lowest BCUT2D eigenvalue weighted by atomic mass is 9.95. The van der Waals surface area contributed by atoms with Gasteiger partial charge in [0.1, 0.15) is 11.5 Å². The van der Waals surface area contributed by atoms with E-state index in [9.17, 15) is 4.79 Å². The van der Waals surface area contributed by atoms with E-state index in [1.165, 1.54) is 0 Å². The first-order valence-electron chi connectivity index (χ1n) is 8.29. The summed E-state index contributed by atoms with van der Waals surface area (Å²) in [5, 5.41) is 0. The summed E-state index contributed by atoms with van der Waals surface area (Å²) in [4.78, 5) is 32.6. The van der Waals surface area contributed by atoms with Gasteiger partial charge in [0, 0.05) is 36.1 Å². The summed E-state index contributed by atoms with van der Waals surface area (Å²) in [5.74, 6) is 1.28. The molecule has 1 aliphatic rings. The van der Waals surface area contributed by atoms with Gasteiger partial charge in [-0.1, -0.05) is 20.8 Å². The van der Waals surface area contributed by atoms with Crippen LogP contribution in [0.5, 0.6) is 0 Å². The van der Waals surface area contributed by atoms with E-state index < -0.39 is 0 Å². The monoisotopic (exact) mass is 336 g/mol. The fourth-order valence-corrected chi connectivity index (χ4v) is 3.06. The van der Waals surface area contributed by atoms with Crippen molar-refractivity contribution in [3.05, 3.63) is 53.1 Å². The second kappa shape index (κ2) is 5.34. The van der Waals surface area contributed by atoms with Crippen molar-refractivity contribution in [2.45, 2.75) is 46.2 Å². The first-order valence-corrected chi connectivity index (χ1v) is 8.29. The zero-order valence-electron chi connectivity index (χ0n) is 14.8. The van der Waals surface area contributed by atoms with Crippen molar-refractivity contribution in [2.75, 3.05) is 0 Å². The molecule has 4 heterocycles. The molecule has 0 saturated carbocycles. The smallest absolute Gasteiger partial charge is 0.273 e. The van der Waals surface area contributed by atoms with Crippen LogP contribution in [-0.2, 0) is 18.5 Å². The number of aryl methyl sites for hydroxylation is 1. The van der Waals surface area contributed by atoms with Gasteiger partial charge in [0.15, 0.2) is 0 Å². The minimum atomic E-state index is -0.115. The maximum absolute atomic E-state index is 13.1. The van der Waals surface area contributed by atoms with Crippen molar-refractivity contribution in [3.63, 3.8) is 0 Å². The van der Waals surface area contributed by atoms with Gasteiger partial charge < -0.3 is 4.90 Å². The molecule has 3 aromatic heterocycles. The molecule has 0 N–H and O–H groups in total. The Hall–Kier alpha value is -2.83. The lowest BCUT2D eigenvalue weighted by Gasteiger charge is -2.16. The standard InChI is InChI=1S/C18H20N6O/c1-11-14(24-7-5-6-19-17(24)21-11)15(25)23-9-12-8-20-16(18(2,3)4)22-13(12)10-23/h5-8H,9-10H2,1-4H3. The zero-order valence-corrected chi connectivity index (χ0v) is 14.8. The lowest BCUT2D eigenvalue weighted by Crippen LogP contribution is -2.27. The molecule has 128 valence electrons. The van der Waals surface area contributed by atoms with E-state index >= 15 is 0 Å². The molecule has 7 nitrogen and oxygen atoms in total. The van der Waals surface area contributed by atoms with Crippen LogP contribution in [0.15, 0.2) is 24.7 Å². The fourth-order valence-electron chi connectivity index (χ4n) is 3.06. The summed E-state index contributed by atoms with van der Waals surface area (Å²) in [6, 6.07) is 1.80. The number of carbonyl (C=O) groups is 1. The van der Waals surface area contributed by atoms with Gasteiger partial charge in [-0.05, 0) is 13.0 Å². The Labute approximate surface area is 145 Å². The van der Waals surface area contributed by atoms with Crippen LogP contribution in [0.25, 0.3) is 5.78 Å². The van der Waals surface area contributed by atoms with E-state index in [2.05, 4.69) is 40.7 Å². The van der Waals surface area contributed by atoms with E-state index in [4.69, 9.17) is 0 Å². The molecule has 7 heteroatoms. The summed E-state index contributed by atoms with van der Waals surface area (Å²) in [6.07, 6.45) is 5.33. The van der Waals surface area contributed by atoms with Crippen molar-refractivity contribution >= 4 is 11.7 Å². The summed E-state index contributed by atoms with van der Waals surface area (Å²) >= 11 is 0. The average Bonchev–Trinajstić information content (AvgIpc) is 3.12. The van der Waals surface area contributed by atoms with Gasteiger partial charge in [0.2, 0.25) is 5.78 Å². The van der Waals surface area contributed by atoms with Crippen LogP contribution in [0.2, 0.25) is 0 Å². The van der Waals surface area contributed by atoms with Crippen LogP contribution in [0.3, 0.4) is 0 Å². The molecule has 0 spiro atoms. The van der Waals surface area contributed by atoms with Gasteiger partial charge in [0.25, 0.3) is 5.91 Å². The maximum atomic E-state index is 13.1. The lowest BCUT2D eigenvalue weighted by molar-refractivity contribution is 0.0742. The molecular formula is C18H20N6O. The normalized spacial score (nSPS) is 14.2. The molecule has 1 aliphatic heterocycles. The minimum absolute atomic E-state index is 0.0618. The third-order valence-corrected chi connectivity index (χ3v) is 4.39. The number of carbonyl (C=O) groups excluding carboxylic acids is 1. The molecule has 1 amide bonds. The van der Waals surface area contributed by atoms with E-state index in [1.807, 2.05) is 19.3 Å². The van der Waals surface area contributed by atoms with Gasteiger partial charge in [-0.15, -0.1) is 0 Å². The molecule has 25 heavy (non-hydrogen) atoms. The Bertz CT molecular complexity index is 985. The SMILES string of the molecule is Cc1nc2ncccn2c1C(=O)N1Cc2cnc(C(C)(C)C)nc2C1. The molecule has 0 radical (unpaired) electrons. The molecule has 0 aromatic carbocycles. The van der Waals surface area contributed by atoms with Crippen LogP contribution in [-0.4, -0.2) is 35.1 Å². The van der Waals surface area contributed by atoms with Crippen LogP contribution in [0.1, 0.15) is 54.0 Å². The molecule has 0 aliphatic carbocycles. The molecule has 4 rings (SSSR count). The Morgan fingerprint density at radius 2 is 1.96 bits per heavy atom. The molecule has 0 unspecified atom stereocenters. The van der Waals surface area contributed by atoms with E-state index in [1.54, 1.807) is 21.6 Å². The summed E-state index contributed by atoms with van der Waals surface area (Å²) in [7, 11) is 0. The Morgan fingerprint density at radius 1 is 1.16 bits per heavy atom. The highest BCUT2D eigenvalue weighted by atomic mass is 16.2. The van der Waals surface area contributed by atoms with Gasteiger partial charge >= 0.3 is 0 Å². The average molecular weight is 336 g/mol. The molecule has 0 bridgehead atoms. The molecular weight excluding hydrogens is 316 g/mol. The number of hydrogen-bond acceptors (Lipinski definition) is 5. The Balaban J connectivity index is 1.67. The first-order chi connectivity index (χ1) is 11.8. The summed E-state index contributed by atoms with van der Waals surface area (Å²) in [6.45, 7) is 9.10. The number of hydrogen-bond donors (Lipinski definition) is 0. The van der Waals surface area contributed by atoms with E-state index in [0.29, 0.717) is 30.3 Å². The molecule has 0 atom stereocenters. The van der Waals surface area contributed by atoms with Crippen LogP contribution >= 0.6 is 0 Å². The fraction of sp³-hybridized carbons (Fsp3) is 0.389. The molecule has 3 aromatic rings. The van der Waals surface area contributed by atoms with Crippen LogP contribution < -0.4 is 0 Å². The van der Waals surface area contributed by atoms with Crippen molar-refractivity contribution in [1.29, 1.82) is 0 Å². The highest BCUT2D eigenvalue weighted by molar-refractivity contribution is 5.94. The quantitative estimate of drug-likeness (QED) is 0.681. The van der Waals surface area contributed by atoms with Crippen molar-refractivity contribution < 1.29 is 4.79 Å². The maximum Gasteiger partial charge on any atom is 0.273 e. The largest absolute Gasteiger partial charge is 0.327 e. The third-order valence-electron chi connectivity index (χ3n) is 4.39.